The van der Waals surface area contributed by atoms with E-state index in [0.717, 1.165) is 37.6 Å². The van der Waals surface area contributed by atoms with Crippen LogP contribution in [0.2, 0.25) is 5.02 Å². The molecule has 1 saturated heterocycles. The third-order valence-electron chi connectivity index (χ3n) is 4.54. The van der Waals surface area contributed by atoms with Gasteiger partial charge < -0.3 is 10.1 Å². The molecule has 0 saturated carbocycles. The van der Waals surface area contributed by atoms with E-state index in [4.69, 9.17) is 16.3 Å². The van der Waals surface area contributed by atoms with E-state index in [-0.39, 0.29) is 23.2 Å². The van der Waals surface area contributed by atoms with Crippen LogP contribution in [0.3, 0.4) is 0 Å². The minimum atomic E-state index is -4.51. The first-order valence-electron chi connectivity index (χ1n) is 9.09. The molecule has 1 aliphatic rings. The lowest BCUT2D eigenvalue weighted by molar-refractivity contribution is -0.137. The molecule has 1 aromatic carbocycles. The van der Waals surface area contributed by atoms with Gasteiger partial charge in [-0.25, -0.2) is 4.98 Å². The van der Waals surface area contributed by atoms with Crippen molar-refractivity contribution < 1.29 is 22.7 Å². The molecular formula is C19H20ClF3N4O2. The average molecular weight is 429 g/mol. The second-order valence-corrected chi connectivity index (χ2v) is 7.25. The molecule has 156 valence electrons. The quantitative estimate of drug-likeness (QED) is 0.756. The molecule has 10 heteroatoms. The largest absolute Gasteiger partial charge is 0.476 e. The van der Waals surface area contributed by atoms with Crippen LogP contribution in [-0.4, -0.2) is 47.0 Å². The number of nitrogens with zero attached hydrogens (tertiary/aromatic N) is 3. The molecule has 1 aliphatic heterocycles. The van der Waals surface area contributed by atoms with Crippen LogP contribution in [-0.2, 0) is 11.0 Å². The Labute approximate surface area is 171 Å². The highest BCUT2D eigenvalue weighted by Crippen LogP contribution is 2.33. The van der Waals surface area contributed by atoms with E-state index >= 15 is 0 Å². The number of anilines is 1. The number of piperidine rings is 1. The molecule has 1 atom stereocenters. The molecule has 0 aliphatic carbocycles. The Bertz CT molecular complexity index is 836. The van der Waals surface area contributed by atoms with Crippen LogP contribution < -0.4 is 10.1 Å². The zero-order valence-electron chi connectivity index (χ0n) is 15.5. The highest BCUT2D eigenvalue weighted by Gasteiger charge is 2.31. The zero-order chi connectivity index (χ0) is 20.9. The van der Waals surface area contributed by atoms with Crippen LogP contribution in [0.15, 0.2) is 36.8 Å². The van der Waals surface area contributed by atoms with E-state index in [1.807, 2.05) is 4.90 Å². The Morgan fingerprint density at radius 3 is 2.90 bits per heavy atom. The molecule has 29 heavy (non-hydrogen) atoms. The second-order valence-electron chi connectivity index (χ2n) is 6.84. The third-order valence-corrected chi connectivity index (χ3v) is 4.87. The number of hydrogen-bond donors (Lipinski definition) is 1. The molecule has 2 heterocycles. The summed E-state index contributed by atoms with van der Waals surface area (Å²) in [5, 5.41) is 2.54. The molecule has 0 radical (unpaired) electrons. The number of alkyl halides is 3. The van der Waals surface area contributed by atoms with E-state index in [9.17, 15) is 18.0 Å². The summed E-state index contributed by atoms with van der Waals surface area (Å²) >= 11 is 5.93. The summed E-state index contributed by atoms with van der Waals surface area (Å²) in [6, 6.07) is 2.85. The van der Waals surface area contributed by atoms with Gasteiger partial charge in [-0.1, -0.05) is 11.6 Å². The molecular weight excluding hydrogens is 409 g/mol. The van der Waals surface area contributed by atoms with E-state index in [0.29, 0.717) is 19.0 Å². The number of ether oxygens (including phenoxy) is 1. The van der Waals surface area contributed by atoms with Gasteiger partial charge in [0.15, 0.2) is 0 Å². The molecule has 1 amide bonds. The monoisotopic (exact) mass is 428 g/mol. The van der Waals surface area contributed by atoms with Crippen molar-refractivity contribution in [3.8, 4) is 5.88 Å². The standard InChI is InChI=1S/C19H20ClF3N4O2/c20-15-4-3-14(19(21,22)23)8-16(15)26-17(28)11-27-7-1-2-13(10-27)12-29-18-9-24-5-6-25-18/h3-6,8-9,13H,1-2,7,10-12H2,(H,26,28). The normalized spacial score (nSPS) is 17.7. The first kappa shape index (κ1) is 21.3. The summed E-state index contributed by atoms with van der Waals surface area (Å²) in [7, 11) is 0. The fraction of sp³-hybridized carbons (Fsp3) is 0.421. The summed E-state index contributed by atoms with van der Waals surface area (Å²) in [6.07, 6.45) is 1.99. The van der Waals surface area contributed by atoms with E-state index in [1.54, 1.807) is 12.4 Å². The van der Waals surface area contributed by atoms with Gasteiger partial charge in [-0.3, -0.25) is 14.7 Å². The van der Waals surface area contributed by atoms with Gasteiger partial charge in [0, 0.05) is 24.9 Å². The van der Waals surface area contributed by atoms with Crippen molar-refractivity contribution in [1.82, 2.24) is 14.9 Å². The molecule has 0 bridgehead atoms. The Morgan fingerprint density at radius 2 is 2.17 bits per heavy atom. The van der Waals surface area contributed by atoms with E-state index in [2.05, 4.69) is 15.3 Å². The van der Waals surface area contributed by atoms with Crippen LogP contribution in [0.4, 0.5) is 18.9 Å². The molecule has 1 unspecified atom stereocenters. The van der Waals surface area contributed by atoms with E-state index < -0.39 is 17.6 Å². The number of carbonyl (C=O) groups excluding carboxylic acids is 1. The van der Waals surface area contributed by atoms with Crippen molar-refractivity contribution in [1.29, 1.82) is 0 Å². The first-order chi connectivity index (χ1) is 13.8. The zero-order valence-corrected chi connectivity index (χ0v) is 16.2. The number of benzene rings is 1. The lowest BCUT2D eigenvalue weighted by Crippen LogP contribution is -2.42. The SMILES string of the molecule is O=C(CN1CCCC(COc2cnccn2)C1)Nc1cc(C(F)(F)F)ccc1Cl. The van der Waals surface area contributed by atoms with Crippen LogP contribution >= 0.6 is 11.6 Å². The Kier molecular flexibility index (Phi) is 6.92. The summed E-state index contributed by atoms with van der Waals surface area (Å²) in [5.41, 5.74) is -0.914. The van der Waals surface area contributed by atoms with Crippen LogP contribution in [0.1, 0.15) is 18.4 Å². The highest BCUT2D eigenvalue weighted by molar-refractivity contribution is 6.33. The number of rotatable bonds is 6. The Hall–Kier alpha value is -2.39. The maximum Gasteiger partial charge on any atom is 0.416 e. The number of halogens is 4. The van der Waals surface area contributed by atoms with Crippen molar-refractivity contribution in [3.63, 3.8) is 0 Å². The smallest absolute Gasteiger partial charge is 0.416 e. The number of likely N-dealkylation sites (tertiary alicyclic amines) is 1. The van der Waals surface area contributed by atoms with Gasteiger partial charge >= 0.3 is 6.18 Å². The maximum absolute atomic E-state index is 12.9. The van der Waals surface area contributed by atoms with Gasteiger partial charge in [0.25, 0.3) is 0 Å². The van der Waals surface area contributed by atoms with Crippen molar-refractivity contribution in [2.45, 2.75) is 19.0 Å². The molecule has 1 fully saturated rings. The average Bonchev–Trinajstić information content (AvgIpc) is 2.68. The maximum atomic E-state index is 12.9. The number of carbonyl (C=O) groups is 1. The Morgan fingerprint density at radius 1 is 1.34 bits per heavy atom. The number of amides is 1. The number of aromatic nitrogens is 2. The topological polar surface area (TPSA) is 67.4 Å². The minimum Gasteiger partial charge on any atom is -0.476 e. The van der Waals surface area contributed by atoms with Crippen molar-refractivity contribution >= 4 is 23.2 Å². The van der Waals surface area contributed by atoms with Crippen molar-refractivity contribution in [2.75, 3.05) is 31.6 Å². The van der Waals surface area contributed by atoms with Gasteiger partial charge in [0.1, 0.15) is 0 Å². The fourth-order valence-electron chi connectivity index (χ4n) is 3.18. The fourth-order valence-corrected chi connectivity index (χ4v) is 3.35. The molecule has 0 spiro atoms. The van der Waals surface area contributed by atoms with Crippen LogP contribution in [0, 0.1) is 5.92 Å². The van der Waals surface area contributed by atoms with Gasteiger partial charge in [0.05, 0.1) is 35.6 Å². The second kappa shape index (κ2) is 9.41. The summed E-state index contributed by atoms with van der Waals surface area (Å²) in [4.78, 5) is 22.3. The lowest BCUT2D eigenvalue weighted by Gasteiger charge is -2.32. The number of nitrogens with one attached hydrogen (secondary N) is 1. The van der Waals surface area contributed by atoms with Gasteiger partial charge in [-0.15, -0.1) is 0 Å². The van der Waals surface area contributed by atoms with Gasteiger partial charge in [-0.2, -0.15) is 13.2 Å². The van der Waals surface area contributed by atoms with E-state index in [1.165, 1.54) is 6.20 Å². The Balaban J connectivity index is 1.52. The molecule has 2 aromatic rings. The third kappa shape index (κ3) is 6.30. The van der Waals surface area contributed by atoms with Crippen molar-refractivity contribution in [2.24, 2.45) is 5.92 Å². The highest BCUT2D eigenvalue weighted by atomic mass is 35.5. The van der Waals surface area contributed by atoms with Gasteiger partial charge in [0.2, 0.25) is 11.8 Å². The van der Waals surface area contributed by atoms with Crippen LogP contribution in [0.25, 0.3) is 0 Å². The minimum absolute atomic E-state index is 0.0500. The van der Waals surface area contributed by atoms with Gasteiger partial charge in [-0.05, 0) is 37.6 Å². The first-order valence-corrected chi connectivity index (χ1v) is 9.47. The summed E-state index contributed by atoms with van der Waals surface area (Å²) in [6.45, 7) is 1.89. The molecule has 1 N–H and O–H groups in total. The molecule has 1 aromatic heterocycles. The van der Waals surface area contributed by atoms with Crippen LogP contribution in [0.5, 0.6) is 5.88 Å². The molecule has 3 rings (SSSR count). The molecule has 6 nitrogen and oxygen atoms in total. The summed E-state index contributed by atoms with van der Waals surface area (Å²) in [5.74, 6) is 0.249. The predicted molar refractivity (Wildman–Crippen MR) is 102 cm³/mol. The predicted octanol–water partition coefficient (Wildman–Crippen LogP) is 3.88. The van der Waals surface area contributed by atoms with Crippen molar-refractivity contribution in [3.05, 3.63) is 47.4 Å². The lowest BCUT2D eigenvalue weighted by atomic mass is 9.99. The summed E-state index contributed by atoms with van der Waals surface area (Å²) < 4.78 is 44.2. The number of hydrogen-bond acceptors (Lipinski definition) is 5.